The standard InChI is InChI=1S/C31H34BrFN6O3.C24H29N5O4.C7H7BrFN/c1-3-26-23(28(37-22-11-13-42-14-12-22)24-18-36-39(4-2)29(24)38-26)17-35-31(41)20-8-5-7-19(15-20)30(40)34-16-21-9-6-10-25(32)27(21)33;1-3-20-18(13-25-23(30)15-6-5-7-16(12-15)24(31)32)21(27-17-8-10-33-11-9-17)19-14-26-29(4-2)22(19)28-20;8-6-3-1-2-5(4-10)7(6)9/h5-10,15,18,22H,3-4,11-14,16-17H2,1-2H3,(H,34,40)(H,35,41)(H,37,38);5-7,12,14,17H,3-4,8-11,13H2,1-2H3,(H,25,30)(H,27,28)(H,31,32);1-3H,4,10H2. The van der Waals surface area contributed by atoms with Crippen LogP contribution in [0.25, 0.3) is 22.1 Å². The molecule has 0 unspecified atom stereocenters. The first kappa shape index (κ1) is 63.3. The van der Waals surface area contributed by atoms with Crippen molar-refractivity contribution in [3.05, 3.63) is 174 Å². The van der Waals surface area contributed by atoms with Gasteiger partial charge in [-0.1, -0.05) is 50.2 Å². The number of anilines is 2. The van der Waals surface area contributed by atoms with Crippen LogP contribution in [0.3, 0.4) is 0 Å². The second-order valence-corrected chi connectivity index (χ2v) is 21.8. The summed E-state index contributed by atoms with van der Waals surface area (Å²) < 4.78 is 42.8. The molecule has 0 bridgehead atoms. The quantitative estimate of drug-likeness (QED) is 0.0398. The lowest BCUT2D eigenvalue weighted by Crippen LogP contribution is -2.30. The highest BCUT2D eigenvalue weighted by Crippen LogP contribution is 2.33. The van der Waals surface area contributed by atoms with Crippen LogP contribution >= 0.6 is 31.9 Å². The van der Waals surface area contributed by atoms with Crippen LogP contribution in [0.15, 0.2) is 106 Å². The Labute approximate surface area is 508 Å². The van der Waals surface area contributed by atoms with Gasteiger partial charge in [0.1, 0.15) is 11.6 Å². The average molecular weight is 1290 g/mol. The van der Waals surface area contributed by atoms with Gasteiger partial charge >= 0.3 is 5.97 Å². The van der Waals surface area contributed by atoms with Gasteiger partial charge < -0.3 is 46.9 Å². The van der Waals surface area contributed by atoms with E-state index in [4.69, 9.17) is 25.2 Å². The van der Waals surface area contributed by atoms with Gasteiger partial charge in [-0.3, -0.25) is 14.4 Å². The van der Waals surface area contributed by atoms with Crippen molar-refractivity contribution in [1.82, 2.24) is 45.5 Å². The molecule has 23 heteroatoms. The largest absolute Gasteiger partial charge is 0.478 e. The van der Waals surface area contributed by atoms with Crippen molar-refractivity contribution >= 4 is 89.0 Å². The SMILES string of the molecule is CCc1nc2c(cnn2CC)c(NC2CCOCC2)c1CNC(=O)c1cccc(C(=O)NCc2cccc(Br)c2F)c1.CCc1nc2c(cnn2CC)c(NC2CCOCC2)c1CNC(=O)c1cccc(C(=O)O)c1.NCc1cccc(Br)c1F. The first-order valence-electron chi connectivity index (χ1n) is 28.4. The highest BCUT2D eigenvalue weighted by molar-refractivity contribution is 9.10. The maximum Gasteiger partial charge on any atom is 0.335 e. The van der Waals surface area contributed by atoms with Crippen molar-refractivity contribution in [1.29, 1.82) is 0 Å². The first-order chi connectivity index (χ1) is 41.2. The van der Waals surface area contributed by atoms with E-state index in [-0.39, 0.29) is 61.5 Å². The summed E-state index contributed by atoms with van der Waals surface area (Å²) in [6.45, 7) is 13.2. The number of pyridine rings is 2. The Balaban J connectivity index is 0.000000194. The van der Waals surface area contributed by atoms with E-state index in [2.05, 4.69) is 68.6 Å². The normalized spacial score (nSPS) is 13.5. The average Bonchev–Trinajstić information content (AvgIpc) is 2.78. The third kappa shape index (κ3) is 15.8. The van der Waals surface area contributed by atoms with Crippen LogP contribution in [0, 0.1) is 11.6 Å². The number of aromatic nitrogens is 6. The summed E-state index contributed by atoms with van der Waals surface area (Å²) in [6, 6.07) is 23.0. The molecule has 4 aromatic heterocycles. The molecule has 0 atom stereocenters. The lowest BCUT2D eigenvalue weighted by Gasteiger charge is -2.26. The molecule has 0 saturated carbocycles. The number of carboxylic acid groups (broad SMARTS) is 1. The number of amides is 3. The number of nitrogens with two attached hydrogens (primary N) is 1. The van der Waals surface area contributed by atoms with E-state index < -0.39 is 17.7 Å². The van der Waals surface area contributed by atoms with E-state index in [1.165, 1.54) is 18.2 Å². The fourth-order valence-corrected chi connectivity index (χ4v) is 10.8. The molecule has 6 heterocycles. The lowest BCUT2D eigenvalue weighted by molar-refractivity contribution is 0.0696. The Morgan fingerprint density at radius 1 is 0.588 bits per heavy atom. The van der Waals surface area contributed by atoms with Crippen LogP contribution in [0.2, 0.25) is 0 Å². The van der Waals surface area contributed by atoms with Gasteiger partial charge in [-0.25, -0.2) is 32.9 Å². The van der Waals surface area contributed by atoms with Crippen molar-refractivity contribution in [2.45, 2.75) is 118 Å². The number of carbonyl (C=O) groups is 4. The first-order valence-corrected chi connectivity index (χ1v) is 30.0. The number of hydrogen-bond donors (Lipinski definition) is 7. The topological polar surface area (TPSA) is 255 Å². The number of benzene rings is 4. The van der Waals surface area contributed by atoms with Gasteiger partial charge in [0.2, 0.25) is 0 Å². The van der Waals surface area contributed by atoms with Crippen LogP contribution in [-0.4, -0.2) is 96.8 Å². The smallest absolute Gasteiger partial charge is 0.335 e. The second-order valence-electron chi connectivity index (χ2n) is 20.1. The summed E-state index contributed by atoms with van der Waals surface area (Å²) >= 11 is 6.22. The number of nitrogens with zero attached hydrogens (tertiary/aromatic N) is 6. The minimum absolute atomic E-state index is 0.0211. The molecule has 2 aliphatic rings. The van der Waals surface area contributed by atoms with Crippen LogP contribution in [0.1, 0.15) is 128 Å². The fraction of sp³-hybridized carbons (Fsp3) is 0.355. The number of carboxylic acids is 1. The molecule has 8 N–H and O–H groups in total. The zero-order valence-electron chi connectivity index (χ0n) is 47.9. The Hall–Kier alpha value is -7.70. The van der Waals surface area contributed by atoms with Crippen molar-refractivity contribution in [2.75, 3.05) is 37.1 Å². The summed E-state index contributed by atoms with van der Waals surface area (Å²) in [5.74, 6) is -2.79. The third-order valence-electron chi connectivity index (χ3n) is 14.7. The number of rotatable bonds is 19. The van der Waals surface area contributed by atoms with Crippen LogP contribution in [0.4, 0.5) is 20.2 Å². The molecule has 0 aliphatic carbocycles. The molecule has 8 aromatic rings. The lowest BCUT2D eigenvalue weighted by atomic mass is 10.0. The van der Waals surface area contributed by atoms with E-state index in [1.54, 1.807) is 66.7 Å². The highest BCUT2D eigenvalue weighted by atomic mass is 79.9. The van der Waals surface area contributed by atoms with Gasteiger partial charge in [-0.05, 0) is 133 Å². The Morgan fingerprint density at radius 3 is 1.38 bits per heavy atom. The fourth-order valence-electron chi connectivity index (χ4n) is 10.0. The molecule has 0 radical (unpaired) electrons. The Morgan fingerprint density at radius 2 is 0.976 bits per heavy atom. The molecule has 4 aromatic carbocycles. The van der Waals surface area contributed by atoms with Crippen molar-refractivity contribution in [2.24, 2.45) is 5.73 Å². The second kappa shape index (κ2) is 30.4. The van der Waals surface area contributed by atoms with Crippen molar-refractivity contribution in [3.8, 4) is 0 Å². The zero-order chi connectivity index (χ0) is 60.6. The summed E-state index contributed by atoms with van der Waals surface area (Å²) in [7, 11) is 0. The number of nitrogens with one attached hydrogen (secondary N) is 5. The van der Waals surface area contributed by atoms with Gasteiger partial charge in [0.05, 0.1) is 49.0 Å². The van der Waals surface area contributed by atoms with E-state index in [9.17, 15) is 33.1 Å². The van der Waals surface area contributed by atoms with Gasteiger partial charge in [0.15, 0.2) is 11.3 Å². The summed E-state index contributed by atoms with van der Waals surface area (Å²) in [4.78, 5) is 60.0. The predicted octanol–water partition coefficient (Wildman–Crippen LogP) is 10.6. The number of aromatic carboxylic acids is 1. The molecule has 3 amide bonds. The van der Waals surface area contributed by atoms with E-state index >= 15 is 0 Å². The summed E-state index contributed by atoms with van der Waals surface area (Å²) in [6.07, 6.45) is 8.64. The highest BCUT2D eigenvalue weighted by Gasteiger charge is 2.25. The number of aryl methyl sites for hydroxylation is 4. The monoisotopic (exact) mass is 1290 g/mol. The van der Waals surface area contributed by atoms with E-state index in [0.29, 0.717) is 89.1 Å². The van der Waals surface area contributed by atoms with Crippen molar-refractivity contribution < 1.29 is 42.5 Å². The zero-order valence-corrected chi connectivity index (χ0v) is 51.0. The van der Waals surface area contributed by atoms with Crippen LogP contribution in [0.5, 0.6) is 0 Å². The Bertz CT molecular complexity index is 3660. The number of halogens is 4. The molecule has 85 heavy (non-hydrogen) atoms. The molecule has 19 nitrogen and oxygen atoms in total. The molecule has 10 rings (SSSR count). The van der Waals surface area contributed by atoms with Gasteiger partial charge in [0, 0.05) is 128 Å². The van der Waals surface area contributed by atoms with E-state index in [0.717, 1.165) is 81.6 Å². The summed E-state index contributed by atoms with van der Waals surface area (Å²) in [5, 5.41) is 36.2. The molecule has 2 fully saturated rings. The minimum Gasteiger partial charge on any atom is -0.478 e. The summed E-state index contributed by atoms with van der Waals surface area (Å²) in [5.41, 5.74) is 14.4. The number of ether oxygens (including phenoxy) is 2. The Kier molecular flexibility index (Phi) is 22.6. The molecule has 448 valence electrons. The van der Waals surface area contributed by atoms with E-state index in [1.807, 2.05) is 49.5 Å². The molecule has 0 spiro atoms. The molecular weight excluding hydrogens is 1220 g/mol. The minimum atomic E-state index is -1.07. The van der Waals surface area contributed by atoms with Crippen LogP contribution in [-0.2, 0) is 61.6 Å². The number of carbonyl (C=O) groups excluding carboxylic acids is 3. The predicted molar refractivity (Wildman–Crippen MR) is 330 cm³/mol. The maximum atomic E-state index is 14.3. The van der Waals surface area contributed by atoms with Crippen molar-refractivity contribution in [3.63, 3.8) is 0 Å². The maximum absolute atomic E-state index is 14.3. The molecule has 2 aliphatic heterocycles. The number of hydrogen-bond acceptors (Lipinski definition) is 13. The number of fused-ring (bicyclic) bond motifs is 2. The molecule has 2 saturated heterocycles. The van der Waals surface area contributed by atoms with Gasteiger partial charge in [-0.15, -0.1) is 0 Å². The third-order valence-corrected chi connectivity index (χ3v) is 15.9. The van der Waals surface area contributed by atoms with Gasteiger partial charge in [-0.2, -0.15) is 10.2 Å². The molecular formula is C62H70Br2F2N12O7. The van der Waals surface area contributed by atoms with Crippen LogP contribution < -0.4 is 32.3 Å². The van der Waals surface area contributed by atoms with Gasteiger partial charge in [0.25, 0.3) is 17.7 Å².